The number of hydrazone groups is 1. The molecule has 0 aliphatic rings. The summed E-state index contributed by atoms with van der Waals surface area (Å²) in [5, 5.41) is 3.89. The van der Waals surface area contributed by atoms with E-state index < -0.39 is 11.6 Å². The van der Waals surface area contributed by atoms with Gasteiger partial charge in [-0.2, -0.15) is 5.10 Å². The molecule has 0 saturated carbocycles. The molecule has 4 heteroatoms. The fourth-order valence-corrected chi connectivity index (χ4v) is 1.41. The van der Waals surface area contributed by atoms with Crippen LogP contribution in [0.5, 0.6) is 0 Å². The first kappa shape index (κ1) is 12.2. The minimum atomic E-state index is -0.670. The Kier molecular flexibility index (Phi) is 3.67. The van der Waals surface area contributed by atoms with Crippen molar-refractivity contribution in [3.8, 4) is 0 Å². The standard InChI is InChI=1S/C14H12F2N2/c1-10-2-4-11(5-3-10)9-17-18-14-7-6-12(15)8-13(14)16/h2-9,18H,1H3/b17-9+. The van der Waals surface area contributed by atoms with Gasteiger partial charge in [0.2, 0.25) is 0 Å². The van der Waals surface area contributed by atoms with Gasteiger partial charge >= 0.3 is 0 Å². The lowest BCUT2D eigenvalue weighted by Crippen LogP contribution is -1.94. The van der Waals surface area contributed by atoms with Gasteiger partial charge in [0.05, 0.1) is 11.9 Å². The Bertz CT molecular complexity index is 563. The third kappa shape index (κ3) is 3.13. The quantitative estimate of drug-likeness (QED) is 0.647. The van der Waals surface area contributed by atoms with Crippen LogP contribution >= 0.6 is 0 Å². The molecule has 0 unspecified atom stereocenters. The first-order chi connectivity index (χ1) is 8.65. The van der Waals surface area contributed by atoms with Crippen LogP contribution in [0.2, 0.25) is 0 Å². The first-order valence-corrected chi connectivity index (χ1v) is 5.46. The van der Waals surface area contributed by atoms with E-state index in [0.717, 1.165) is 17.2 Å². The summed E-state index contributed by atoms with van der Waals surface area (Å²) < 4.78 is 25.9. The van der Waals surface area contributed by atoms with Crippen molar-refractivity contribution in [2.75, 3.05) is 5.43 Å². The van der Waals surface area contributed by atoms with E-state index in [-0.39, 0.29) is 5.69 Å². The van der Waals surface area contributed by atoms with Gasteiger partial charge in [0.15, 0.2) is 5.82 Å². The number of aryl methyl sites for hydroxylation is 1. The molecule has 0 radical (unpaired) electrons. The molecule has 2 rings (SSSR count). The predicted molar refractivity (Wildman–Crippen MR) is 68.8 cm³/mol. The zero-order valence-electron chi connectivity index (χ0n) is 9.82. The van der Waals surface area contributed by atoms with Crippen molar-refractivity contribution in [3.05, 3.63) is 65.2 Å². The summed E-state index contributed by atoms with van der Waals surface area (Å²) in [6.07, 6.45) is 1.57. The van der Waals surface area contributed by atoms with Gasteiger partial charge in [0.25, 0.3) is 0 Å². The van der Waals surface area contributed by atoms with Crippen molar-refractivity contribution < 1.29 is 8.78 Å². The van der Waals surface area contributed by atoms with E-state index in [1.54, 1.807) is 6.21 Å². The second-order valence-electron chi connectivity index (χ2n) is 3.90. The Labute approximate surface area is 104 Å². The van der Waals surface area contributed by atoms with Crippen molar-refractivity contribution in [2.24, 2.45) is 5.10 Å². The SMILES string of the molecule is Cc1ccc(/C=N/Nc2ccc(F)cc2F)cc1. The average Bonchev–Trinajstić information content (AvgIpc) is 2.34. The number of hydrogen-bond acceptors (Lipinski definition) is 2. The van der Waals surface area contributed by atoms with Crippen molar-refractivity contribution in [1.82, 2.24) is 0 Å². The second kappa shape index (κ2) is 5.40. The van der Waals surface area contributed by atoms with Gasteiger partial charge in [-0.15, -0.1) is 0 Å². The van der Waals surface area contributed by atoms with Crippen LogP contribution < -0.4 is 5.43 Å². The lowest BCUT2D eigenvalue weighted by atomic mass is 10.2. The number of halogens is 2. The molecule has 0 bridgehead atoms. The van der Waals surface area contributed by atoms with Crippen LogP contribution in [0.25, 0.3) is 0 Å². The Balaban J connectivity index is 2.05. The monoisotopic (exact) mass is 246 g/mol. The van der Waals surface area contributed by atoms with Crippen molar-refractivity contribution in [3.63, 3.8) is 0 Å². The average molecular weight is 246 g/mol. The van der Waals surface area contributed by atoms with Crippen LogP contribution in [-0.2, 0) is 0 Å². The number of hydrogen-bond donors (Lipinski definition) is 1. The van der Waals surface area contributed by atoms with E-state index in [0.29, 0.717) is 0 Å². The minimum Gasteiger partial charge on any atom is -0.276 e. The molecule has 18 heavy (non-hydrogen) atoms. The number of nitrogens with one attached hydrogen (secondary N) is 1. The molecule has 0 amide bonds. The highest BCUT2D eigenvalue weighted by molar-refractivity contribution is 5.80. The fraction of sp³-hybridized carbons (Fsp3) is 0.0714. The number of nitrogens with zero attached hydrogens (tertiary/aromatic N) is 1. The highest BCUT2D eigenvalue weighted by Crippen LogP contribution is 2.14. The molecule has 2 nitrogen and oxygen atoms in total. The number of anilines is 1. The summed E-state index contributed by atoms with van der Waals surface area (Å²) in [6, 6.07) is 11.0. The third-order valence-corrected chi connectivity index (χ3v) is 2.41. The van der Waals surface area contributed by atoms with E-state index in [9.17, 15) is 8.78 Å². The van der Waals surface area contributed by atoms with E-state index in [1.165, 1.54) is 12.1 Å². The minimum absolute atomic E-state index is 0.139. The maximum atomic E-state index is 13.3. The normalized spacial score (nSPS) is 10.8. The van der Waals surface area contributed by atoms with Crippen LogP contribution in [0.4, 0.5) is 14.5 Å². The smallest absolute Gasteiger partial charge is 0.151 e. The van der Waals surface area contributed by atoms with Crippen LogP contribution in [-0.4, -0.2) is 6.21 Å². The Hall–Kier alpha value is -2.23. The Morgan fingerprint density at radius 2 is 1.78 bits per heavy atom. The summed E-state index contributed by atoms with van der Waals surface area (Å²) in [5.41, 5.74) is 4.73. The van der Waals surface area contributed by atoms with Gasteiger partial charge in [0, 0.05) is 6.07 Å². The van der Waals surface area contributed by atoms with Gasteiger partial charge < -0.3 is 0 Å². The lowest BCUT2D eigenvalue weighted by molar-refractivity contribution is 0.585. The van der Waals surface area contributed by atoms with E-state index in [4.69, 9.17) is 0 Å². The summed E-state index contributed by atoms with van der Waals surface area (Å²) >= 11 is 0. The van der Waals surface area contributed by atoms with Crippen LogP contribution in [0, 0.1) is 18.6 Å². The zero-order valence-corrected chi connectivity index (χ0v) is 9.82. The molecular weight excluding hydrogens is 234 g/mol. The Morgan fingerprint density at radius 1 is 1.06 bits per heavy atom. The number of rotatable bonds is 3. The largest absolute Gasteiger partial charge is 0.276 e. The molecule has 0 spiro atoms. The Morgan fingerprint density at radius 3 is 2.44 bits per heavy atom. The molecule has 2 aromatic rings. The van der Waals surface area contributed by atoms with Gasteiger partial charge in [-0.25, -0.2) is 8.78 Å². The predicted octanol–water partition coefficient (Wildman–Crippen LogP) is 3.72. The van der Waals surface area contributed by atoms with E-state index >= 15 is 0 Å². The van der Waals surface area contributed by atoms with Crippen molar-refractivity contribution >= 4 is 11.9 Å². The van der Waals surface area contributed by atoms with Gasteiger partial charge in [-0.1, -0.05) is 29.8 Å². The van der Waals surface area contributed by atoms with E-state index in [2.05, 4.69) is 10.5 Å². The highest BCUT2D eigenvalue weighted by Gasteiger charge is 2.01. The third-order valence-electron chi connectivity index (χ3n) is 2.41. The molecule has 0 aliphatic carbocycles. The summed E-state index contributed by atoms with van der Waals surface area (Å²) in [7, 11) is 0. The van der Waals surface area contributed by atoms with Crippen molar-refractivity contribution in [1.29, 1.82) is 0 Å². The number of benzene rings is 2. The van der Waals surface area contributed by atoms with E-state index in [1.807, 2.05) is 31.2 Å². The second-order valence-corrected chi connectivity index (χ2v) is 3.90. The van der Waals surface area contributed by atoms with Gasteiger partial charge in [0.1, 0.15) is 5.82 Å². The van der Waals surface area contributed by atoms with Gasteiger partial charge in [-0.05, 0) is 24.6 Å². The van der Waals surface area contributed by atoms with Crippen molar-refractivity contribution in [2.45, 2.75) is 6.92 Å². The summed E-state index contributed by atoms with van der Waals surface area (Å²) in [6.45, 7) is 1.99. The topological polar surface area (TPSA) is 24.4 Å². The van der Waals surface area contributed by atoms with Gasteiger partial charge in [-0.3, -0.25) is 5.43 Å². The lowest BCUT2D eigenvalue weighted by Gasteiger charge is -2.01. The molecule has 0 saturated heterocycles. The molecule has 2 aromatic carbocycles. The van der Waals surface area contributed by atoms with Crippen LogP contribution in [0.15, 0.2) is 47.6 Å². The molecule has 0 aromatic heterocycles. The molecule has 0 heterocycles. The zero-order chi connectivity index (χ0) is 13.0. The molecule has 0 fully saturated rings. The fourth-order valence-electron chi connectivity index (χ4n) is 1.41. The molecule has 92 valence electrons. The summed E-state index contributed by atoms with van der Waals surface area (Å²) in [4.78, 5) is 0. The highest BCUT2D eigenvalue weighted by atomic mass is 19.1. The molecule has 0 aliphatic heterocycles. The van der Waals surface area contributed by atoms with Crippen LogP contribution in [0.1, 0.15) is 11.1 Å². The van der Waals surface area contributed by atoms with Crippen LogP contribution in [0.3, 0.4) is 0 Å². The molecule has 0 atom stereocenters. The molecular formula is C14H12F2N2. The maximum absolute atomic E-state index is 13.3. The summed E-state index contributed by atoms with van der Waals surface area (Å²) in [5.74, 6) is -1.28. The molecule has 1 N–H and O–H groups in total. The first-order valence-electron chi connectivity index (χ1n) is 5.46. The maximum Gasteiger partial charge on any atom is 0.151 e.